The summed E-state index contributed by atoms with van der Waals surface area (Å²) in [4.78, 5) is 8.87. The van der Waals surface area contributed by atoms with E-state index < -0.39 is 0 Å². The summed E-state index contributed by atoms with van der Waals surface area (Å²) in [6.07, 6.45) is 12.0. The fourth-order valence-corrected chi connectivity index (χ4v) is 5.57. The van der Waals surface area contributed by atoms with Crippen molar-refractivity contribution in [1.82, 2.24) is 9.97 Å². The predicted molar refractivity (Wildman–Crippen MR) is 178 cm³/mol. The average molecular weight is 571 g/mol. The molecule has 0 fully saturated rings. The smallest absolute Gasteiger partial charge is 0.219 e. The molecule has 0 atom stereocenters. The van der Waals surface area contributed by atoms with E-state index in [4.69, 9.17) is 9.47 Å². The first kappa shape index (κ1) is 25.6. The maximum atomic E-state index is 6.49. The van der Waals surface area contributed by atoms with E-state index in [1.165, 1.54) is 0 Å². The average Bonchev–Trinajstić information content (AvgIpc) is 3.38. The molecule has 2 aromatic heterocycles. The third-order valence-corrected chi connectivity index (χ3v) is 7.65. The van der Waals surface area contributed by atoms with Crippen molar-refractivity contribution in [3.63, 3.8) is 0 Å². The minimum atomic E-state index is 0.525. The lowest BCUT2D eigenvalue weighted by atomic mass is 9.96. The number of para-hydroxylation sites is 3. The second-order valence-electron chi connectivity index (χ2n) is 10.5. The van der Waals surface area contributed by atoms with Gasteiger partial charge in [0.2, 0.25) is 5.88 Å². The zero-order chi connectivity index (χ0) is 29.3. The van der Waals surface area contributed by atoms with Gasteiger partial charge in [-0.25, -0.2) is 9.97 Å². The quantitative estimate of drug-likeness (QED) is 0.215. The van der Waals surface area contributed by atoms with Crippen LogP contribution in [-0.4, -0.2) is 9.97 Å². The Labute approximate surface area is 255 Å². The van der Waals surface area contributed by atoms with Crippen LogP contribution in [0, 0.1) is 0 Å². The van der Waals surface area contributed by atoms with Crippen molar-refractivity contribution < 1.29 is 9.47 Å². The Hall–Kier alpha value is -6.14. The Morgan fingerprint density at radius 1 is 0.455 bits per heavy atom. The van der Waals surface area contributed by atoms with Gasteiger partial charge in [-0.15, -0.1) is 0 Å². The van der Waals surface area contributed by atoms with Crippen molar-refractivity contribution in [3.8, 4) is 34.3 Å². The molecule has 0 aliphatic carbocycles. The summed E-state index contributed by atoms with van der Waals surface area (Å²) < 4.78 is 12.4. The van der Waals surface area contributed by atoms with Gasteiger partial charge in [0.05, 0.1) is 17.1 Å². The lowest BCUT2D eigenvalue weighted by Gasteiger charge is -2.20. The number of benzene rings is 4. The van der Waals surface area contributed by atoms with Crippen LogP contribution in [0.5, 0.6) is 23.1 Å². The monoisotopic (exact) mass is 570 g/mol. The number of pyridine rings is 2. The van der Waals surface area contributed by atoms with E-state index >= 15 is 0 Å². The number of aromatic nitrogens is 2. The van der Waals surface area contributed by atoms with Gasteiger partial charge in [-0.2, -0.15) is 0 Å². The number of fused-ring (bicyclic) bond motifs is 4. The van der Waals surface area contributed by atoms with Crippen molar-refractivity contribution in [3.05, 3.63) is 144 Å². The molecular formula is C38H26N4O2. The van der Waals surface area contributed by atoms with Gasteiger partial charge in [-0.1, -0.05) is 85.0 Å². The number of nitrogens with zero attached hydrogens (tertiary/aromatic N) is 2. The number of rotatable bonds is 5. The zero-order valence-corrected chi connectivity index (χ0v) is 23.6. The van der Waals surface area contributed by atoms with Gasteiger partial charge in [0.1, 0.15) is 17.3 Å². The highest BCUT2D eigenvalue weighted by Gasteiger charge is 2.21. The molecule has 0 spiro atoms. The van der Waals surface area contributed by atoms with E-state index in [0.29, 0.717) is 23.1 Å². The Balaban J connectivity index is 1.17. The Morgan fingerprint density at radius 2 is 1.07 bits per heavy atom. The normalized spacial score (nSPS) is 12.3. The van der Waals surface area contributed by atoms with Crippen LogP contribution in [0.4, 0.5) is 22.9 Å². The van der Waals surface area contributed by atoms with Gasteiger partial charge in [-0.3, -0.25) is 0 Å². The number of hydrogen-bond acceptors (Lipinski definition) is 6. The fraction of sp³-hybridized carbons (Fsp3) is 0. The molecule has 2 aliphatic heterocycles. The molecule has 0 unspecified atom stereocenters. The van der Waals surface area contributed by atoms with E-state index in [2.05, 4.69) is 93.4 Å². The van der Waals surface area contributed by atoms with E-state index in [0.717, 1.165) is 56.3 Å². The summed E-state index contributed by atoms with van der Waals surface area (Å²) in [6.45, 7) is 0. The Kier molecular flexibility index (Phi) is 6.35. The molecule has 0 radical (unpaired) electrons. The van der Waals surface area contributed by atoms with Crippen LogP contribution in [0.25, 0.3) is 35.4 Å². The van der Waals surface area contributed by atoms with E-state index in [1.807, 2.05) is 66.9 Å². The fourth-order valence-electron chi connectivity index (χ4n) is 5.57. The first-order valence-corrected chi connectivity index (χ1v) is 14.4. The summed E-state index contributed by atoms with van der Waals surface area (Å²) in [5, 5.41) is 7.38. The molecule has 8 rings (SSSR count). The minimum Gasteiger partial charge on any atom is -0.455 e. The van der Waals surface area contributed by atoms with E-state index in [1.54, 1.807) is 6.20 Å². The van der Waals surface area contributed by atoms with Crippen molar-refractivity contribution in [2.75, 3.05) is 10.6 Å². The first-order chi connectivity index (χ1) is 21.8. The van der Waals surface area contributed by atoms with Crippen molar-refractivity contribution in [2.45, 2.75) is 0 Å². The zero-order valence-electron chi connectivity index (χ0n) is 23.6. The highest BCUT2D eigenvalue weighted by atomic mass is 16.5. The van der Waals surface area contributed by atoms with Crippen molar-refractivity contribution in [2.24, 2.45) is 0 Å². The third kappa shape index (κ3) is 4.84. The highest BCUT2D eigenvalue weighted by Crippen LogP contribution is 2.46. The molecule has 0 saturated heterocycles. The van der Waals surface area contributed by atoms with Crippen LogP contribution in [-0.2, 0) is 0 Å². The van der Waals surface area contributed by atoms with Crippen LogP contribution in [0.2, 0.25) is 0 Å². The van der Waals surface area contributed by atoms with Crippen LogP contribution in [0.3, 0.4) is 0 Å². The lowest BCUT2D eigenvalue weighted by Crippen LogP contribution is -2.02. The molecule has 6 heteroatoms. The molecular weight excluding hydrogens is 544 g/mol. The van der Waals surface area contributed by atoms with Crippen LogP contribution < -0.4 is 20.1 Å². The lowest BCUT2D eigenvalue weighted by molar-refractivity contribution is 0.449. The predicted octanol–water partition coefficient (Wildman–Crippen LogP) is 10.2. The summed E-state index contributed by atoms with van der Waals surface area (Å²) in [7, 11) is 0. The Morgan fingerprint density at radius 3 is 1.82 bits per heavy atom. The second kappa shape index (κ2) is 10.9. The number of hydrogen-bond donors (Lipinski definition) is 2. The second-order valence-corrected chi connectivity index (χ2v) is 10.5. The summed E-state index contributed by atoms with van der Waals surface area (Å²) in [5.74, 6) is 3.37. The molecule has 6 aromatic rings. The maximum Gasteiger partial charge on any atom is 0.219 e. The third-order valence-electron chi connectivity index (χ3n) is 7.65. The van der Waals surface area contributed by atoms with E-state index in [9.17, 15) is 0 Å². The van der Waals surface area contributed by atoms with Crippen LogP contribution in [0.15, 0.2) is 122 Å². The van der Waals surface area contributed by atoms with E-state index in [-0.39, 0.29) is 0 Å². The maximum absolute atomic E-state index is 6.49. The summed E-state index contributed by atoms with van der Waals surface area (Å²) in [6, 6.07) is 36.0. The van der Waals surface area contributed by atoms with Gasteiger partial charge in [0.15, 0.2) is 5.75 Å². The molecule has 0 saturated carbocycles. The molecule has 2 N–H and O–H groups in total. The SMILES string of the molecule is C1=Cc2cccc(-c3cccc4c3Nc3c(cccc3Oc3cccc(Oc5ccccn5)c3)C=C4)c2Nc2ncccc21. The van der Waals surface area contributed by atoms with Gasteiger partial charge in [0, 0.05) is 46.8 Å². The van der Waals surface area contributed by atoms with Crippen LogP contribution >= 0.6 is 0 Å². The van der Waals surface area contributed by atoms with Crippen molar-refractivity contribution in [1.29, 1.82) is 0 Å². The largest absolute Gasteiger partial charge is 0.455 e. The topological polar surface area (TPSA) is 68.3 Å². The molecule has 0 amide bonds. The van der Waals surface area contributed by atoms with Crippen molar-refractivity contribution >= 4 is 47.2 Å². The van der Waals surface area contributed by atoms with Gasteiger partial charge < -0.3 is 20.1 Å². The van der Waals surface area contributed by atoms with Gasteiger partial charge in [-0.05, 0) is 47.5 Å². The standard InChI is InChI=1S/C38H26N4O2/c1-2-22-39-34(17-1)44-30-13-6-12-29(24-30)43-33-16-5-10-27-19-18-25-8-3-14-31(35(25)41-37(27)33)32-15-4-9-26-20-21-28-11-7-23-40-38(28)42-36(26)32/h1-24,41H,(H,40,42). The van der Waals surface area contributed by atoms with Crippen LogP contribution in [0.1, 0.15) is 22.3 Å². The molecule has 210 valence electrons. The summed E-state index contributed by atoms with van der Waals surface area (Å²) >= 11 is 0. The minimum absolute atomic E-state index is 0.525. The molecule has 4 aromatic carbocycles. The molecule has 6 nitrogen and oxygen atoms in total. The molecule has 4 heterocycles. The number of anilines is 4. The number of nitrogens with one attached hydrogen (secondary N) is 2. The molecule has 2 aliphatic rings. The molecule has 0 bridgehead atoms. The number of ether oxygens (including phenoxy) is 2. The Bertz CT molecular complexity index is 2090. The summed E-state index contributed by atoms with van der Waals surface area (Å²) in [5.41, 5.74) is 9.28. The van der Waals surface area contributed by atoms with Gasteiger partial charge >= 0.3 is 0 Å². The van der Waals surface area contributed by atoms with Gasteiger partial charge in [0.25, 0.3) is 0 Å². The first-order valence-electron chi connectivity index (χ1n) is 14.4. The molecule has 44 heavy (non-hydrogen) atoms. The highest BCUT2D eigenvalue weighted by molar-refractivity contribution is 6.01.